The van der Waals surface area contributed by atoms with Crippen LogP contribution in [-0.2, 0) is 4.79 Å². The minimum Gasteiger partial charge on any atom is -0.496 e. The number of halogens is 1. The lowest BCUT2D eigenvalue weighted by Gasteiger charge is -2.10. The molecular weight excluding hydrogens is 201 g/mol. The van der Waals surface area contributed by atoms with Gasteiger partial charge in [0.1, 0.15) is 11.6 Å². The molecule has 1 rings (SSSR count). The summed E-state index contributed by atoms with van der Waals surface area (Å²) in [6, 6.07) is 5.39. The Labute approximate surface area is 85.5 Å². The smallest absolute Gasteiger partial charge is 0.325 e. The number of ether oxygens (including phenoxy) is 1. The zero-order chi connectivity index (χ0) is 11.4. The standard InChI is InChI=1S/C10H8FNO3/c1-15-8-4-2-3-7(11)9(8)6(5-12)10(13)14/h2-4,6H,1H3,(H,13,14). The molecule has 0 aromatic heterocycles. The lowest BCUT2D eigenvalue weighted by atomic mass is 9.99. The van der Waals surface area contributed by atoms with Gasteiger partial charge in [-0.15, -0.1) is 0 Å². The molecule has 5 heteroatoms. The normalized spacial score (nSPS) is 11.5. The monoisotopic (exact) mass is 209 g/mol. The Bertz CT molecular complexity index is 425. The van der Waals surface area contributed by atoms with Crippen LogP contribution in [0, 0.1) is 17.1 Å². The Morgan fingerprint density at radius 2 is 2.33 bits per heavy atom. The fourth-order valence-corrected chi connectivity index (χ4v) is 1.22. The predicted molar refractivity (Wildman–Crippen MR) is 48.9 cm³/mol. The summed E-state index contributed by atoms with van der Waals surface area (Å²) in [6.45, 7) is 0. The maximum atomic E-state index is 13.3. The molecule has 0 radical (unpaired) electrons. The maximum Gasteiger partial charge on any atom is 0.325 e. The summed E-state index contributed by atoms with van der Waals surface area (Å²) in [5.74, 6) is -3.66. The van der Waals surface area contributed by atoms with Crippen LogP contribution in [0.2, 0.25) is 0 Å². The molecule has 0 spiro atoms. The summed E-state index contributed by atoms with van der Waals surface area (Å²) in [5.41, 5.74) is -0.241. The first-order valence-electron chi connectivity index (χ1n) is 4.06. The number of nitrogens with zero attached hydrogens (tertiary/aromatic N) is 1. The van der Waals surface area contributed by atoms with E-state index in [1.807, 2.05) is 0 Å². The van der Waals surface area contributed by atoms with Crippen molar-refractivity contribution in [1.82, 2.24) is 0 Å². The number of nitriles is 1. The summed E-state index contributed by atoms with van der Waals surface area (Å²) >= 11 is 0. The molecule has 0 saturated heterocycles. The van der Waals surface area contributed by atoms with E-state index in [2.05, 4.69) is 0 Å². The van der Waals surface area contributed by atoms with Crippen LogP contribution in [0.5, 0.6) is 5.75 Å². The average molecular weight is 209 g/mol. The van der Waals surface area contributed by atoms with Crippen LogP contribution in [0.3, 0.4) is 0 Å². The van der Waals surface area contributed by atoms with Crippen LogP contribution < -0.4 is 4.74 Å². The van der Waals surface area contributed by atoms with E-state index in [9.17, 15) is 9.18 Å². The quantitative estimate of drug-likeness (QED) is 0.819. The van der Waals surface area contributed by atoms with E-state index in [-0.39, 0.29) is 11.3 Å². The van der Waals surface area contributed by atoms with Crippen molar-refractivity contribution in [2.45, 2.75) is 5.92 Å². The number of aliphatic carboxylic acids is 1. The molecule has 0 fully saturated rings. The number of methoxy groups -OCH3 is 1. The van der Waals surface area contributed by atoms with Gasteiger partial charge < -0.3 is 9.84 Å². The summed E-state index contributed by atoms with van der Waals surface area (Å²) < 4.78 is 18.1. The third-order valence-electron chi connectivity index (χ3n) is 1.90. The minimum absolute atomic E-state index is 0.0592. The van der Waals surface area contributed by atoms with Gasteiger partial charge in [0.2, 0.25) is 0 Å². The third kappa shape index (κ3) is 2.05. The molecule has 1 aromatic carbocycles. The minimum atomic E-state index is -1.55. The van der Waals surface area contributed by atoms with E-state index in [0.29, 0.717) is 0 Å². The van der Waals surface area contributed by atoms with E-state index in [0.717, 1.165) is 6.07 Å². The van der Waals surface area contributed by atoms with E-state index in [1.165, 1.54) is 25.3 Å². The molecule has 0 heterocycles. The van der Waals surface area contributed by atoms with Crippen LogP contribution >= 0.6 is 0 Å². The Morgan fingerprint density at radius 1 is 1.67 bits per heavy atom. The molecule has 0 amide bonds. The second-order valence-corrected chi connectivity index (χ2v) is 2.76. The van der Waals surface area contributed by atoms with Gasteiger partial charge in [0.25, 0.3) is 0 Å². The first kappa shape index (κ1) is 11.0. The molecule has 0 aliphatic carbocycles. The van der Waals surface area contributed by atoms with Crippen LogP contribution in [-0.4, -0.2) is 18.2 Å². The first-order valence-corrected chi connectivity index (χ1v) is 4.06. The highest BCUT2D eigenvalue weighted by Crippen LogP contribution is 2.29. The van der Waals surface area contributed by atoms with Crippen LogP contribution in [0.25, 0.3) is 0 Å². The van der Waals surface area contributed by atoms with Gasteiger partial charge in [-0.25, -0.2) is 4.39 Å². The largest absolute Gasteiger partial charge is 0.496 e. The Balaban J connectivity index is 3.34. The van der Waals surface area contributed by atoms with Gasteiger partial charge >= 0.3 is 5.97 Å². The van der Waals surface area contributed by atoms with Gasteiger partial charge in [-0.2, -0.15) is 5.26 Å². The summed E-state index contributed by atoms with van der Waals surface area (Å²) in [6.07, 6.45) is 0. The van der Waals surface area contributed by atoms with Gasteiger partial charge in [0.05, 0.1) is 18.7 Å². The molecular formula is C10H8FNO3. The molecule has 0 saturated carbocycles. The van der Waals surface area contributed by atoms with Crippen LogP contribution in [0.15, 0.2) is 18.2 Å². The highest BCUT2D eigenvalue weighted by atomic mass is 19.1. The maximum absolute atomic E-state index is 13.3. The van der Waals surface area contributed by atoms with Gasteiger partial charge in [-0.3, -0.25) is 4.79 Å². The molecule has 1 aromatic rings. The van der Waals surface area contributed by atoms with Crippen molar-refractivity contribution in [3.05, 3.63) is 29.6 Å². The number of carboxylic acids is 1. The van der Waals surface area contributed by atoms with Gasteiger partial charge in [0, 0.05) is 0 Å². The van der Waals surface area contributed by atoms with E-state index in [1.54, 1.807) is 0 Å². The summed E-state index contributed by atoms with van der Waals surface area (Å²) in [5, 5.41) is 17.4. The molecule has 1 N–H and O–H groups in total. The summed E-state index contributed by atoms with van der Waals surface area (Å²) in [4.78, 5) is 10.7. The summed E-state index contributed by atoms with van der Waals surface area (Å²) in [7, 11) is 1.29. The number of rotatable bonds is 3. The fourth-order valence-electron chi connectivity index (χ4n) is 1.22. The van der Waals surface area contributed by atoms with Crippen molar-refractivity contribution in [3.8, 4) is 11.8 Å². The molecule has 0 bridgehead atoms. The van der Waals surface area contributed by atoms with Gasteiger partial charge in [-0.05, 0) is 12.1 Å². The van der Waals surface area contributed by atoms with Crippen molar-refractivity contribution >= 4 is 5.97 Å². The molecule has 15 heavy (non-hydrogen) atoms. The Hall–Kier alpha value is -2.09. The van der Waals surface area contributed by atoms with Crippen molar-refractivity contribution in [3.63, 3.8) is 0 Å². The van der Waals surface area contributed by atoms with Crippen LogP contribution in [0.4, 0.5) is 4.39 Å². The lowest BCUT2D eigenvalue weighted by Crippen LogP contribution is -2.12. The molecule has 4 nitrogen and oxygen atoms in total. The number of hydrogen-bond donors (Lipinski definition) is 1. The topological polar surface area (TPSA) is 70.3 Å². The predicted octanol–water partition coefficient (Wildman–Crippen LogP) is 1.53. The SMILES string of the molecule is COc1cccc(F)c1C(C#N)C(=O)O. The van der Waals surface area contributed by atoms with E-state index in [4.69, 9.17) is 15.1 Å². The molecule has 1 atom stereocenters. The van der Waals surface area contributed by atoms with Crippen molar-refractivity contribution in [1.29, 1.82) is 5.26 Å². The zero-order valence-corrected chi connectivity index (χ0v) is 7.90. The number of benzene rings is 1. The third-order valence-corrected chi connectivity index (χ3v) is 1.90. The van der Waals surface area contributed by atoms with Crippen molar-refractivity contribution < 1.29 is 19.0 Å². The number of carbonyl (C=O) groups is 1. The molecule has 78 valence electrons. The molecule has 0 aliphatic heterocycles. The number of carboxylic acid groups (broad SMARTS) is 1. The van der Waals surface area contributed by atoms with E-state index < -0.39 is 17.7 Å². The second-order valence-electron chi connectivity index (χ2n) is 2.76. The molecule has 1 unspecified atom stereocenters. The van der Waals surface area contributed by atoms with Crippen molar-refractivity contribution in [2.24, 2.45) is 0 Å². The van der Waals surface area contributed by atoms with Gasteiger partial charge in [-0.1, -0.05) is 6.07 Å². The Kier molecular flexibility index (Phi) is 3.24. The average Bonchev–Trinajstić information content (AvgIpc) is 2.21. The first-order chi connectivity index (χ1) is 7.11. The molecule has 0 aliphatic rings. The Morgan fingerprint density at radius 3 is 2.80 bits per heavy atom. The highest BCUT2D eigenvalue weighted by Gasteiger charge is 2.26. The zero-order valence-electron chi connectivity index (χ0n) is 7.90. The highest BCUT2D eigenvalue weighted by molar-refractivity contribution is 5.80. The van der Waals surface area contributed by atoms with E-state index >= 15 is 0 Å². The fraction of sp³-hybridized carbons (Fsp3) is 0.200. The van der Waals surface area contributed by atoms with Crippen LogP contribution in [0.1, 0.15) is 11.5 Å². The van der Waals surface area contributed by atoms with Crippen molar-refractivity contribution in [2.75, 3.05) is 7.11 Å². The second kappa shape index (κ2) is 4.42. The lowest BCUT2D eigenvalue weighted by molar-refractivity contribution is -0.137. The number of hydrogen-bond acceptors (Lipinski definition) is 3. The van der Waals surface area contributed by atoms with Gasteiger partial charge in [0.15, 0.2) is 5.92 Å².